The largest absolute Gasteiger partial charge is 0.398 e. The zero-order valence-corrected chi connectivity index (χ0v) is 7.70. The molecular formula is C8H10ClNS. The summed E-state index contributed by atoms with van der Waals surface area (Å²) in [5.41, 5.74) is 7.47. The van der Waals surface area contributed by atoms with Crippen molar-refractivity contribution in [1.29, 1.82) is 0 Å². The van der Waals surface area contributed by atoms with Crippen molar-refractivity contribution >= 4 is 29.9 Å². The average molecular weight is 188 g/mol. The summed E-state index contributed by atoms with van der Waals surface area (Å²) in [6.45, 7) is 0. The van der Waals surface area contributed by atoms with Crippen molar-refractivity contribution in [3.63, 3.8) is 0 Å². The van der Waals surface area contributed by atoms with Gasteiger partial charge in [0, 0.05) is 16.5 Å². The number of alkyl halides is 1. The van der Waals surface area contributed by atoms with Crippen molar-refractivity contribution < 1.29 is 0 Å². The third-order valence-electron chi connectivity index (χ3n) is 1.48. The highest BCUT2D eigenvalue weighted by molar-refractivity contribution is 7.80. The molecule has 0 aliphatic heterocycles. The van der Waals surface area contributed by atoms with Crippen LogP contribution in [0.4, 0.5) is 5.69 Å². The molecular weight excluding hydrogens is 178 g/mol. The number of hydrogen-bond acceptors (Lipinski definition) is 2. The third kappa shape index (κ3) is 2.31. The first-order valence-corrected chi connectivity index (χ1v) is 4.35. The van der Waals surface area contributed by atoms with Gasteiger partial charge < -0.3 is 5.73 Å². The van der Waals surface area contributed by atoms with Crippen molar-refractivity contribution in [2.45, 2.75) is 11.3 Å². The Balaban J connectivity index is 2.86. The van der Waals surface area contributed by atoms with E-state index in [0.29, 0.717) is 11.6 Å². The lowest BCUT2D eigenvalue weighted by Gasteiger charge is -2.01. The van der Waals surface area contributed by atoms with Gasteiger partial charge in [0.05, 0.1) is 0 Å². The normalized spacial score (nSPS) is 10.0. The van der Waals surface area contributed by atoms with Gasteiger partial charge in [0.25, 0.3) is 0 Å². The van der Waals surface area contributed by atoms with Gasteiger partial charge in [-0.3, -0.25) is 0 Å². The lowest BCUT2D eigenvalue weighted by atomic mass is 10.1. The first-order valence-electron chi connectivity index (χ1n) is 3.37. The summed E-state index contributed by atoms with van der Waals surface area (Å²) in [5, 5.41) is 0. The minimum Gasteiger partial charge on any atom is -0.398 e. The number of anilines is 1. The van der Waals surface area contributed by atoms with E-state index in [0.717, 1.165) is 11.3 Å². The van der Waals surface area contributed by atoms with E-state index in [9.17, 15) is 0 Å². The minimum absolute atomic E-state index is 0.636. The van der Waals surface area contributed by atoms with E-state index < -0.39 is 0 Å². The molecule has 0 saturated carbocycles. The highest BCUT2D eigenvalue weighted by Crippen LogP contribution is 2.18. The highest BCUT2D eigenvalue weighted by atomic mass is 35.5. The molecule has 1 rings (SSSR count). The summed E-state index contributed by atoms with van der Waals surface area (Å²) >= 11 is 9.76. The van der Waals surface area contributed by atoms with E-state index in [1.54, 1.807) is 0 Å². The monoisotopic (exact) mass is 187 g/mol. The Kier molecular flexibility index (Phi) is 3.09. The fourth-order valence-corrected chi connectivity index (χ4v) is 1.31. The van der Waals surface area contributed by atoms with Crippen LogP contribution in [0.25, 0.3) is 0 Å². The maximum absolute atomic E-state index is 5.58. The zero-order chi connectivity index (χ0) is 8.27. The van der Waals surface area contributed by atoms with Gasteiger partial charge in [-0.1, -0.05) is 6.07 Å². The molecule has 1 aromatic rings. The number of nitrogens with two attached hydrogens (primary N) is 1. The van der Waals surface area contributed by atoms with Gasteiger partial charge in [-0.15, -0.1) is 24.2 Å². The second kappa shape index (κ2) is 3.88. The maximum atomic E-state index is 5.58. The third-order valence-corrected chi connectivity index (χ3v) is 2.05. The molecule has 0 aliphatic carbocycles. The molecule has 0 aromatic heterocycles. The molecule has 1 nitrogen and oxygen atoms in total. The predicted molar refractivity (Wildman–Crippen MR) is 52.5 cm³/mol. The molecule has 0 atom stereocenters. The van der Waals surface area contributed by atoms with Crippen LogP contribution in [-0.4, -0.2) is 5.88 Å². The van der Waals surface area contributed by atoms with Gasteiger partial charge in [0.2, 0.25) is 0 Å². The van der Waals surface area contributed by atoms with Crippen LogP contribution >= 0.6 is 24.2 Å². The van der Waals surface area contributed by atoms with Crippen molar-refractivity contribution in [2.24, 2.45) is 0 Å². The number of rotatable bonds is 2. The fourth-order valence-electron chi connectivity index (χ4n) is 0.854. The number of nitrogen functional groups attached to an aromatic ring is 1. The number of halogens is 1. The number of benzene rings is 1. The van der Waals surface area contributed by atoms with Gasteiger partial charge in [0.15, 0.2) is 0 Å². The van der Waals surface area contributed by atoms with E-state index in [2.05, 4.69) is 12.6 Å². The van der Waals surface area contributed by atoms with Gasteiger partial charge in [0.1, 0.15) is 0 Å². The standard InChI is InChI=1S/C8H10ClNS/c9-4-3-6-1-2-7(10)8(11)5-6/h1-2,5,11H,3-4,10H2. The van der Waals surface area contributed by atoms with E-state index in [4.69, 9.17) is 17.3 Å². The fraction of sp³-hybridized carbons (Fsp3) is 0.250. The Morgan fingerprint density at radius 2 is 2.18 bits per heavy atom. The summed E-state index contributed by atoms with van der Waals surface area (Å²) in [5.74, 6) is 0.636. The van der Waals surface area contributed by atoms with Gasteiger partial charge in [-0.05, 0) is 24.1 Å². The molecule has 3 heteroatoms. The van der Waals surface area contributed by atoms with E-state index in [1.807, 2.05) is 18.2 Å². The summed E-state index contributed by atoms with van der Waals surface area (Å²) in [4.78, 5) is 0.826. The van der Waals surface area contributed by atoms with Crippen molar-refractivity contribution in [1.82, 2.24) is 0 Å². The molecule has 2 N–H and O–H groups in total. The lowest BCUT2D eigenvalue weighted by Crippen LogP contribution is -1.90. The molecule has 1 aromatic carbocycles. The summed E-state index contributed by atoms with van der Waals surface area (Å²) in [7, 11) is 0. The summed E-state index contributed by atoms with van der Waals surface area (Å²) in [6.07, 6.45) is 0.870. The Hall–Kier alpha value is -0.340. The van der Waals surface area contributed by atoms with E-state index in [-0.39, 0.29) is 0 Å². The minimum atomic E-state index is 0.636. The molecule has 0 aliphatic rings. The second-order valence-electron chi connectivity index (χ2n) is 2.33. The van der Waals surface area contributed by atoms with Crippen LogP contribution in [-0.2, 0) is 6.42 Å². The summed E-state index contributed by atoms with van der Waals surface area (Å²) < 4.78 is 0. The van der Waals surface area contributed by atoms with Gasteiger partial charge in [-0.2, -0.15) is 0 Å². The van der Waals surface area contributed by atoms with Crippen molar-refractivity contribution in [2.75, 3.05) is 11.6 Å². The van der Waals surface area contributed by atoms with Gasteiger partial charge >= 0.3 is 0 Å². The topological polar surface area (TPSA) is 26.0 Å². The zero-order valence-electron chi connectivity index (χ0n) is 6.05. The average Bonchev–Trinajstić information content (AvgIpc) is 1.98. The first kappa shape index (κ1) is 8.75. The first-order chi connectivity index (χ1) is 5.24. The molecule has 60 valence electrons. The summed E-state index contributed by atoms with van der Waals surface area (Å²) in [6, 6.07) is 5.77. The quantitative estimate of drug-likeness (QED) is 0.415. The maximum Gasteiger partial charge on any atom is 0.0449 e. The number of aryl methyl sites for hydroxylation is 1. The van der Waals surface area contributed by atoms with Crippen LogP contribution in [0.2, 0.25) is 0 Å². The lowest BCUT2D eigenvalue weighted by molar-refractivity contribution is 1.13. The number of thiol groups is 1. The van der Waals surface area contributed by atoms with Crippen LogP contribution in [0, 0.1) is 0 Å². The van der Waals surface area contributed by atoms with Crippen LogP contribution in [0.15, 0.2) is 23.1 Å². The van der Waals surface area contributed by atoms with Gasteiger partial charge in [-0.25, -0.2) is 0 Å². The highest BCUT2D eigenvalue weighted by Gasteiger charge is 1.95. The molecule has 0 heterocycles. The van der Waals surface area contributed by atoms with Crippen molar-refractivity contribution in [3.05, 3.63) is 23.8 Å². The molecule has 0 saturated heterocycles. The Bertz CT molecular complexity index is 250. The SMILES string of the molecule is Nc1ccc(CCCl)cc1S. The Morgan fingerprint density at radius 3 is 2.73 bits per heavy atom. The molecule has 0 spiro atoms. The molecule has 0 fully saturated rings. The van der Waals surface area contributed by atoms with Crippen LogP contribution < -0.4 is 5.73 Å². The molecule has 0 bridgehead atoms. The molecule has 11 heavy (non-hydrogen) atoms. The van der Waals surface area contributed by atoms with E-state index in [1.165, 1.54) is 5.56 Å². The van der Waals surface area contributed by atoms with Crippen molar-refractivity contribution in [3.8, 4) is 0 Å². The second-order valence-corrected chi connectivity index (χ2v) is 3.19. The molecule has 0 unspecified atom stereocenters. The molecule has 0 radical (unpaired) electrons. The van der Waals surface area contributed by atoms with Crippen LogP contribution in [0.1, 0.15) is 5.56 Å². The van der Waals surface area contributed by atoms with Crippen LogP contribution in [0.3, 0.4) is 0 Å². The van der Waals surface area contributed by atoms with E-state index >= 15 is 0 Å². The van der Waals surface area contributed by atoms with Crippen LogP contribution in [0.5, 0.6) is 0 Å². The smallest absolute Gasteiger partial charge is 0.0449 e. The Morgan fingerprint density at radius 1 is 1.45 bits per heavy atom. The number of hydrogen-bond donors (Lipinski definition) is 2. The predicted octanol–water partition coefficient (Wildman–Crippen LogP) is 2.34. The Labute approximate surface area is 77.0 Å². The molecule has 0 amide bonds.